The zero-order valence-electron chi connectivity index (χ0n) is 18.9. The van der Waals surface area contributed by atoms with Gasteiger partial charge in [-0.1, -0.05) is 17.7 Å². The van der Waals surface area contributed by atoms with Gasteiger partial charge in [0.15, 0.2) is 5.96 Å². The van der Waals surface area contributed by atoms with E-state index in [1.54, 1.807) is 28.4 Å². The number of rotatable bonds is 7. The first-order chi connectivity index (χ1) is 14.6. The topological polar surface area (TPSA) is 67.4 Å². The summed E-state index contributed by atoms with van der Waals surface area (Å²) in [6.07, 6.45) is 1.06. The lowest BCUT2D eigenvalue weighted by Crippen LogP contribution is -2.44. The van der Waals surface area contributed by atoms with Crippen LogP contribution in [0.3, 0.4) is 0 Å². The van der Waals surface area contributed by atoms with Gasteiger partial charge in [0, 0.05) is 44.0 Å². The van der Waals surface area contributed by atoms with Crippen molar-refractivity contribution in [3.05, 3.63) is 47.5 Å². The van der Waals surface area contributed by atoms with Crippen molar-refractivity contribution in [3.63, 3.8) is 0 Å². The van der Waals surface area contributed by atoms with Gasteiger partial charge in [-0.25, -0.2) is 0 Å². The first-order valence-corrected chi connectivity index (χ1v) is 10.2. The van der Waals surface area contributed by atoms with Gasteiger partial charge in [-0.3, -0.25) is 4.99 Å². The van der Waals surface area contributed by atoms with Crippen molar-refractivity contribution in [2.24, 2.45) is 4.99 Å². The van der Waals surface area contributed by atoms with Gasteiger partial charge in [0.25, 0.3) is 0 Å². The van der Waals surface area contributed by atoms with Crippen molar-refractivity contribution in [2.45, 2.75) is 25.9 Å². The molecule has 2 aromatic rings. The fourth-order valence-electron chi connectivity index (χ4n) is 3.68. The Morgan fingerprint density at radius 1 is 1.06 bits per heavy atom. The number of halogens is 1. The van der Waals surface area contributed by atoms with Crippen LogP contribution in [0.2, 0.25) is 0 Å². The predicted octanol–water partition coefficient (Wildman–Crippen LogP) is 3.58. The quantitative estimate of drug-likeness (QED) is 0.318. The minimum Gasteiger partial charge on any atom is -0.496 e. The van der Waals surface area contributed by atoms with Gasteiger partial charge >= 0.3 is 0 Å². The van der Waals surface area contributed by atoms with Crippen LogP contribution in [0.25, 0.3) is 0 Å². The molecule has 8 heteroatoms. The van der Waals surface area contributed by atoms with E-state index in [2.05, 4.69) is 51.7 Å². The molecule has 31 heavy (non-hydrogen) atoms. The molecule has 0 aromatic heterocycles. The average molecular weight is 540 g/mol. The Bertz CT molecular complexity index is 849. The number of benzene rings is 2. The maximum absolute atomic E-state index is 5.53. The molecule has 0 radical (unpaired) electrons. The number of hydrogen-bond acceptors (Lipinski definition) is 5. The van der Waals surface area contributed by atoms with Crippen molar-refractivity contribution in [1.82, 2.24) is 10.6 Å². The maximum atomic E-state index is 5.53. The van der Waals surface area contributed by atoms with Crippen LogP contribution in [-0.4, -0.2) is 53.5 Å². The molecule has 2 N–H and O–H groups in total. The summed E-state index contributed by atoms with van der Waals surface area (Å²) in [4.78, 5) is 6.79. The molecule has 170 valence electrons. The molecule has 1 saturated heterocycles. The maximum Gasteiger partial charge on any atom is 0.191 e. The van der Waals surface area contributed by atoms with E-state index in [1.165, 1.54) is 11.3 Å². The van der Waals surface area contributed by atoms with Crippen LogP contribution in [0.15, 0.2) is 41.4 Å². The van der Waals surface area contributed by atoms with E-state index in [9.17, 15) is 0 Å². The minimum atomic E-state index is 0. The monoisotopic (exact) mass is 540 g/mol. The zero-order valence-corrected chi connectivity index (χ0v) is 21.2. The molecular formula is C23H33IN4O3. The van der Waals surface area contributed by atoms with E-state index < -0.39 is 0 Å². The summed E-state index contributed by atoms with van der Waals surface area (Å²) in [5.74, 6) is 2.86. The van der Waals surface area contributed by atoms with Crippen molar-refractivity contribution in [1.29, 1.82) is 0 Å². The number of hydrogen-bond donors (Lipinski definition) is 2. The van der Waals surface area contributed by atoms with Gasteiger partial charge in [0.05, 0.1) is 33.4 Å². The minimum absolute atomic E-state index is 0. The second-order valence-corrected chi connectivity index (χ2v) is 7.35. The third-order valence-corrected chi connectivity index (χ3v) is 5.40. The lowest BCUT2D eigenvalue weighted by Gasteiger charge is -2.21. The summed E-state index contributed by atoms with van der Waals surface area (Å²) < 4.78 is 16.4. The summed E-state index contributed by atoms with van der Waals surface area (Å²) >= 11 is 0. The molecule has 1 heterocycles. The Hall–Kier alpha value is -2.36. The molecule has 0 saturated carbocycles. The molecule has 0 amide bonds. The standard InChI is InChI=1S/C23H32N4O3.HI/c1-16-6-8-18(9-7-16)27-11-10-17(15-27)26-23(24-2)25-14-20-21(29-4)12-19(28-3)13-22(20)30-5;/h6-9,12-13,17H,10-11,14-15H2,1-5H3,(H2,24,25,26);1H. The number of methoxy groups -OCH3 is 3. The highest BCUT2D eigenvalue weighted by molar-refractivity contribution is 14.0. The van der Waals surface area contributed by atoms with Crippen LogP contribution < -0.4 is 29.7 Å². The van der Waals surface area contributed by atoms with E-state index in [0.29, 0.717) is 29.8 Å². The van der Waals surface area contributed by atoms with E-state index in [4.69, 9.17) is 14.2 Å². The molecule has 1 atom stereocenters. The van der Waals surface area contributed by atoms with E-state index in [0.717, 1.165) is 31.0 Å². The van der Waals surface area contributed by atoms with Gasteiger partial charge in [-0.05, 0) is 25.5 Å². The van der Waals surface area contributed by atoms with Crippen LogP contribution in [0.5, 0.6) is 17.2 Å². The van der Waals surface area contributed by atoms with Gasteiger partial charge < -0.3 is 29.7 Å². The Labute approximate surface area is 202 Å². The lowest BCUT2D eigenvalue weighted by molar-refractivity contribution is 0.368. The van der Waals surface area contributed by atoms with Crippen LogP contribution in [-0.2, 0) is 6.54 Å². The van der Waals surface area contributed by atoms with Crippen LogP contribution in [0, 0.1) is 6.92 Å². The SMILES string of the molecule is CN=C(NCc1c(OC)cc(OC)cc1OC)NC1CCN(c2ccc(C)cc2)C1.I. The van der Waals surface area contributed by atoms with Crippen LogP contribution >= 0.6 is 24.0 Å². The third-order valence-electron chi connectivity index (χ3n) is 5.40. The van der Waals surface area contributed by atoms with Gasteiger partial charge in [0.2, 0.25) is 0 Å². The summed E-state index contributed by atoms with van der Waals surface area (Å²) in [5.41, 5.74) is 3.46. The normalized spacial score (nSPS) is 15.8. The number of ether oxygens (including phenoxy) is 3. The van der Waals surface area contributed by atoms with E-state index in [-0.39, 0.29) is 24.0 Å². The highest BCUT2D eigenvalue weighted by Crippen LogP contribution is 2.33. The Balaban J connectivity index is 0.00000341. The molecule has 0 bridgehead atoms. The smallest absolute Gasteiger partial charge is 0.191 e. The fourth-order valence-corrected chi connectivity index (χ4v) is 3.68. The molecule has 1 aliphatic heterocycles. The van der Waals surface area contributed by atoms with E-state index >= 15 is 0 Å². The molecule has 3 rings (SSSR count). The van der Waals surface area contributed by atoms with Crippen LogP contribution in [0.1, 0.15) is 17.5 Å². The molecule has 2 aromatic carbocycles. The van der Waals surface area contributed by atoms with E-state index in [1.807, 2.05) is 12.1 Å². The molecule has 1 fully saturated rings. The van der Waals surface area contributed by atoms with Gasteiger partial charge in [-0.15, -0.1) is 24.0 Å². The Kier molecular flexibility index (Phi) is 9.54. The van der Waals surface area contributed by atoms with Crippen molar-refractivity contribution in [3.8, 4) is 17.2 Å². The van der Waals surface area contributed by atoms with Crippen molar-refractivity contribution < 1.29 is 14.2 Å². The summed E-state index contributed by atoms with van der Waals surface area (Å²) in [6, 6.07) is 12.7. The second-order valence-electron chi connectivity index (χ2n) is 7.35. The summed E-state index contributed by atoms with van der Waals surface area (Å²) in [7, 11) is 6.69. The lowest BCUT2D eigenvalue weighted by atomic mass is 10.1. The Morgan fingerprint density at radius 3 is 2.26 bits per heavy atom. The Morgan fingerprint density at radius 2 is 1.71 bits per heavy atom. The zero-order chi connectivity index (χ0) is 21.5. The first kappa shape index (κ1) is 24.9. The number of nitrogens with one attached hydrogen (secondary N) is 2. The summed E-state index contributed by atoms with van der Waals surface area (Å²) in [6.45, 7) is 4.60. The summed E-state index contributed by atoms with van der Waals surface area (Å²) in [5, 5.41) is 6.92. The number of nitrogens with zero attached hydrogens (tertiary/aromatic N) is 2. The van der Waals surface area contributed by atoms with Gasteiger partial charge in [-0.2, -0.15) is 0 Å². The number of anilines is 1. The number of aryl methyl sites for hydroxylation is 1. The van der Waals surface area contributed by atoms with Crippen molar-refractivity contribution >= 4 is 35.6 Å². The molecule has 1 aliphatic rings. The molecule has 0 aliphatic carbocycles. The average Bonchev–Trinajstić information content (AvgIpc) is 3.24. The highest BCUT2D eigenvalue weighted by Gasteiger charge is 2.23. The fraction of sp³-hybridized carbons (Fsp3) is 0.435. The predicted molar refractivity (Wildman–Crippen MR) is 137 cm³/mol. The van der Waals surface area contributed by atoms with Crippen molar-refractivity contribution in [2.75, 3.05) is 46.4 Å². The number of aliphatic imine (C=N–C) groups is 1. The molecule has 1 unspecified atom stereocenters. The first-order valence-electron chi connectivity index (χ1n) is 10.2. The van der Waals surface area contributed by atoms with Crippen LogP contribution in [0.4, 0.5) is 5.69 Å². The largest absolute Gasteiger partial charge is 0.496 e. The molecule has 7 nitrogen and oxygen atoms in total. The number of guanidine groups is 1. The third kappa shape index (κ3) is 6.32. The second kappa shape index (κ2) is 11.9. The van der Waals surface area contributed by atoms with Gasteiger partial charge in [0.1, 0.15) is 17.2 Å². The molecule has 0 spiro atoms. The molecular weight excluding hydrogens is 507 g/mol. The highest BCUT2D eigenvalue weighted by atomic mass is 127.